The SMILES string of the molecule is Cc1cccc(CN2CCN(Cc3nc(Cc4ccccc4)no3)CC2)c1. The molecule has 27 heavy (non-hydrogen) atoms. The molecule has 1 aromatic heterocycles. The van der Waals surface area contributed by atoms with Crippen LogP contribution in [-0.2, 0) is 19.5 Å². The average molecular weight is 362 g/mol. The van der Waals surface area contributed by atoms with Gasteiger partial charge in [0.2, 0.25) is 5.89 Å². The maximum atomic E-state index is 5.46. The minimum absolute atomic E-state index is 0.716. The highest BCUT2D eigenvalue weighted by Gasteiger charge is 2.19. The number of aromatic nitrogens is 2. The molecule has 1 aliphatic heterocycles. The molecule has 0 saturated carbocycles. The van der Waals surface area contributed by atoms with Crippen LogP contribution in [0.25, 0.3) is 0 Å². The van der Waals surface area contributed by atoms with Crippen molar-refractivity contribution in [2.24, 2.45) is 0 Å². The molecule has 0 aliphatic carbocycles. The first-order valence-electron chi connectivity index (χ1n) is 9.60. The molecule has 0 bridgehead atoms. The van der Waals surface area contributed by atoms with Crippen LogP contribution in [0.5, 0.6) is 0 Å². The summed E-state index contributed by atoms with van der Waals surface area (Å²) < 4.78 is 5.46. The molecular formula is C22H26N4O. The summed E-state index contributed by atoms with van der Waals surface area (Å²) in [6.07, 6.45) is 0.717. The number of piperazine rings is 1. The largest absolute Gasteiger partial charge is 0.338 e. The van der Waals surface area contributed by atoms with Gasteiger partial charge in [-0.05, 0) is 18.1 Å². The Labute approximate surface area is 160 Å². The second-order valence-corrected chi connectivity index (χ2v) is 7.31. The number of hydrogen-bond donors (Lipinski definition) is 0. The molecule has 0 unspecified atom stereocenters. The van der Waals surface area contributed by atoms with Crippen LogP contribution in [0.4, 0.5) is 0 Å². The summed E-state index contributed by atoms with van der Waals surface area (Å²) in [4.78, 5) is 9.47. The van der Waals surface area contributed by atoms with Crippen molar-refractivity contribution in [2.45, 2.75) is 26.4 Å². The van der Waals surface area contributed by atoms with Crippen LogP contribution in [0.2, 0.25) is 0 Å². The van der Waals surface area contributed by atoms with Crippen molar-refractivity contribution in [1.82, 2.24) is 19.9 Å². The van der Waals surface area contributed by atoms with E-state index in [-0.39, 0.29) is 0 Å². The van der Waals surface area contributed by atoms with Crippen molar-refractivity contribution >= 4 is 0 Å². The highest BCUT2D eigenvalue weighted by atomic mass is 16.5. The van der Waals surface area contributed by atoms with E-state index in [1.165, 1.54) is 16.7 Å². The first-order chi connectivity index (χ1) is 13.2. The summed E-state index contributed by atoms with van der Waals surface area (Å²) in [6, 6.07) is 19.0. The third-order valence-corrected chi connectivity index (χ3v) is 5.03. The maximum Gasteiger partial charge on any atom is 0.240 e. The van der Waals surface area contributed by atoms with Gasteiger partial charge in [-0.1, -0.05) is 65.3 Å². The molecule has 5 nitrogen and oxygen atoms in total. The van der Waals surface area contributed by atoms with Gasteiger partial charge in [0.25, 0.3) is 0 Å². The lowest BCUT2D eigenvalue weighted by Crippen LogP contribution is -2.45. The van der Waals surface area contributed by atoms with E-state index in [0.29, 0.717) is 12.3 Å². The van der Waals surface area contributed by atoms with Crippen molar-refractivity contribution in [3.05, 3.63) is 83.0 Å². The fraction of sp³-hybridized carbons (Fsp3) is 0.364. The van der Waals surface area contributed by atoms with Gasteiger partial charge < -0.3 is 4.52 Å². The Kier molecular flexibility index (Phi) is 5.61. The number of nitrogens with zero attached hydrogens (tertiary/aromatic N) is 4. The summed E-state index contributed by atoms with van der Waals surface area (Å²) in [5.74, 6) is 1.47. The predicted octanol–water partition coefficient (Wildman–Crippen LogP) is 3.29. The number of hydrogen-bond acceptors (Lipinski definition) is 5. The lowest BCUT2D eigenvalue weighted by atomic mass is 10.1. The van der Waals surface area contributed by atoms with E-state index in [4.69, 9.17) is 4.52 Å². The minimum atomic E-state index is 0.716. The molecule has 2 heterocycles. The van der Waals surface area contributed by atoms with E-state index < -0.39 is 0 Å². The minimum Gasteiger partial charge on any atom is -0.338 e. The van der Waals surface area contributed by atoms with Gasteiger partial charge in [-0.3, -0.25) is 9.80 Å². The van der Waals surface area contributed by atoms with Crippen LogP contribution in [-0.4, -0.2) is 46.1 Å². The van der Waals surface area contributed by atoms with Crippen molar-refractivity contribution in [3.63, 3.8) is 0 Å². The normalized spacial score (nSPS) is 15.9. The van der Waals surface area contributed by atoms with Gasteiger partial charge in [-0.25, -0.2) is 0 Å². The topological polar surface area (TPSA) is 45.4 Å². The number of aryl methyl sites for hydroxylation is 1. The van der Waals surface area contributed by atoms with E-state index in [1.807, 2.05) is 18.2 Å². The van der Waals surface area contributed by atoms with Crippen LogP contribution in [0.15, 0.2) is 59.1 Å². The molecule has 1 fully saturated rings. The molecule has 2 aromatic carbocycles. The molecule has 5 heteroatoms. The van der Waals surface area contributed by atoms with Crippen LogP contribution < -0.4 is 0 Å². The molecular weight excluding hydrogens is 336 g/mol. The summed E-state index contributed by atoms with van der Waals surface area (Å²) in [5.41, 5.74) is 3.93. The van der Waals surface area contributed by atoms with Gasteiger partial charge in [0.1, 0.15) is 0 Å². The number of benzene rings is 2. The molecule has 140 valence electrons. The molecule has 0 amide bonds. The molecule has 0 spiro atoms. The van der Waals surface area contributed by atoms with E-state index in [2.05, 4.69) is 63.3 Å². The first-order valence-corrected chi connectivity index (χ1v) is 9.60. The van der Waals surface area contributed by atoms with Crippen molar-refractivity contribution in [3.8, 4) is 0 Å². The summed E-state index contributed by atoms with van der Waals surface area (Å²) in [7, 11) is 0. The van der Waals surface area contributed by atoms with Gasteiger partial charge in [0.15, 0.2) is 5.82 Å². The average Bonchev–Trinajstić information content (AvgIpc) is 3.11. The quantitative estimate of drug-likeness (QED) is 0.673. The monoisotopic (exact) mass is 362 g/mol. The highest BCUT2D eigenvalue weighted by Crippen LogP contribution is 2.13. The Morgan fingerprint density at radius 2 is 1.56 bits per heavy atom. The summed E-state index contributed by atoms with van der Waals surface area (Å²) >= 11 is 0. The van der Waals surface area contributed by atoms with E-state index >= 15 is 0 Å². The summed E-state index contributed by atoms with van der Waals surface area (Å²) in [6.45, 7) is 8.11. The Balaban J connectivity index is 1.26. The molecule has 1 aliphatic rings. The zero-order valence-electron chi connectivity index (χ0n) is 15.8. The van der Waals surface area contributed by atoms with Crippen molar-refractivity contribution in [2.75, 3.05) is 26.2 Å². The van der Waals surface area contributed by atoms with Crippen molar-refractivity contribution in [1.29, 1.82) is 0 Å². The van der Waals surface area contributed by atoms with Crippen LogP contribution in [0.1, 0.15) is 28.4 Å². The Hall–Kier alpha value is -2.50. The smallest absolute Gasteiger partial charge is 0.240 e. The van der Waals surface area contributed by atoms with Crippen LogP contribution >= 0.6 is 0 Å². The zero-order valence-corrected chi connectivity index (χ0v) is 15.8. The Morgan fingerprint density at radius 1 is 0.852 bits per heavy atom. The van der Waals surface area contributed by atoms with E-state index in [1.54, 1.807) is 0 Å². The fourth-order valence-electron chi connectivity index (χ4n) is 3.57. The molecule has 1 saturated heterocycles. The van der Waals surface area contributed by atoms with Gasteiger partial charge in [-0.2, -0.15) is 4.98 Å². The molecule has 0 radical (unpaired) electrons. The van der Waals surface area contributed by atoms with Crippen molar-refractivity contribution < 1.29 is 4.52 Å². The maximum absolute atomic E-state index is 5.46. The first kappa shape index (κ1) is 17.9. The van der Waals surface area contributed by atoms with Crippen LogP contribution in [0, 0.1) is 6.92 Å². The Bertz CT molecular complexity index is 854. The van der Waals surface area contributed by atoms with E-state index in [0.717, 1.165) is 45.1 Å². The van der Waals surface area contributed by atoms with Gasteiger partial charge in [0, 0.05) is 39.1 Å². The molecule has 3 aromatic rings. The third kappa shape index (κ3) is 5.02. The van der Waals surface area contributed by atoms with Gasteiger partial charge in [0.05, 0.1) is 6.54 Å². The second kappa shape index (κ2) is 8.46. The highest BCUT2D eigenvalue weighted by molar-refractivity contribution is 5.22. The molecule has 0 N–H and O–H groups in total. The standard InChI is InChI=1S/C22H26N4O/c1-18-6-5-9-20(14-18)16-25-10-12-26(13-11-25)17-22-23-21(24-27-22)15-19-7-3-2-4-8-19/h2-9,14H,10-13,15-17H2,1H3. The molecule has 4 rings (SSSR count). The zero-order chi connectivity index (χ0) is 18.5. The predicted molar refractivity (Wildman–Crippen MR) is 105 cm³/mol. The van der Waals surface area contributed by atoms with E-state index in [9.17, 15) is 0 Å². The lowest BCUT2D eigenvalue weighted by molar-refractivity contribution is 0.112. The van der Waals surface area contributed by atoms with Gasteiger partial charge >= 0.3 is 0 Å². The Morgan fingerprint density at radius 3 is 2.30 bits per heavy atom. The summed E-state index contributed by atoms with van der Waals surface area (Å²) in [5, 5.41) is 4.13. The molecule has 0 atom stereocenters. The second-order valence-electron chi connectivity index (χ2n) is 7.31. The fourth-order valence-corrected chi connectivity index (χ4v) is 3.57. The van der Waals surface area contributed by atoms with Crippen LogP contribution in [0.3, 0.4) is 0 Å². The number of rotatable bonds is 6. The third-order valence-electron chi connectivity index (χ3n) is 5.03. The van der Waals surface area contributed by atoms with Gasteiger partial charge in [-0.15, -0.1) is 0 Å². The lowest BCUT2D eigenvalue weighted by Gasteiger charge is -2.33.